The fourth-order valence-corrected chi connectivity index (χ4v) is 2.41. The molecular formula is C19H22ClN3O2. The first-order valence-corrected chi connectivity index (χ1v) is 8.56. The lowest BCUT2D eigenvalue weighted by Crippen LogP contribution is -2.24. The summed E-state index contributed by atoms with van der Waals surface area (Å²) < 4.78 is 0. The van der Waals surface area contributed by atoms with E-state index in [0.29, 0.717) is 28.5 Å². The molecule has 5 nitrogen and oxygen atoms in total. The van der Waals surface area contributed by atoms with Crippen molar-refractivity contribution in [3.63, 3.8) is 0 Å². The van der Waals surface area contributed by atoms with Crippen LogP contribution in [0.15, 0.2) is 42.5 Å². The highest BCUT2D eigenvalue weighted by molar-refractivity contribution is 6.31. The third-order valence-electron chi connectivity index (χ3n) is 3.66. The molecule has 3 N–H and O–H groups in total. The fourth-order valence-electron chi connectivity index (χ4n) is 2.23. The van der Waals surface area contributed by atoms with E-state index in [1.54, 1.807) is 36.4 Å². The lowest BCUT2D eigenvalue weighted by atomic mass is 10.2. The Kier molecular flexibility index (Phi) is 6.83. The number of carbonyl (C=O) groups excluding carboxylic acids is 2. The van der Waals surface area contributed by atoms with Crippen LogP contribution in [0.25, 0.3) is 0 Å². The number of anilines is 2. The van der Waals surface area contributed by atoms with E-state index in [-0.39, 0.29) is 18.4 Å². The van der Waals surface area contributed by atoms with Crippen LogP contribution in [0.3, 0.4) is 0 Å². The van der Waals surface area contributed by atoms with Gasteiger partial charge in [0.2, 0.25) is 5.91 Å². The highest BCUT2D eigenvalue weighted by Crippen LogP contribution is 2.22. The van der Waals surface area contributed by atoms with Crippen molar-refractivity contribution in [2.24, 2.45) is 0 Å². The molecular weight excluding hydrogens is 338 g/mol. The first-order valence-electron chi connectivity index (χ1n) is 8.18. The normalized spacial score (nSPS) is 10.2. The third kappa shape index (κ3) is 5.50. The van der Waals surface area contributed by atoms with Gasteiger partial charge in [-0.25, -0.2) is 0 Å². The maximum atomic E-state index is 12.1. The highest BCUT2D eigenvalue weighted by atomic mass is 35.5. The van der Waals surface area contributed by atoms with E-state index in [0.717, 1.165) is 12.0 Å². The van der Waals surface area contributed by atoms with Gasteiger partial charge in [0.1, 0.15) is 0 Å². The summed E-state index contributed by atoms with van der Waals surface area (Å²) in [6.07, 6.45) is 0.882. The lowest BCUT2D eigenvalue weighted by Gasteiger charge is -2.11. The van der Waals surface area contributed by atoms with Gasteiger partial charge in [0, 0.05) is 28.5 Å². The molecule has 0 heterocycles. The fraction of sp³-hybridized carbons (Fsp3) is 0.263. The Morgan fingerprint density at radius 1 is 1.12 bits per heavy atom. The summed E-state index contributed by atoms with van der Waals surface area (Å²) in [6.45, 7) is 4.58. The second-order valence-electron chi connectivity index (χ2n) is 5.65. The van der Waals surface area contributed by atoms with Gasteiger partial charge in [-0.05, 0) is 49.2 Å². The Hall–Kier alpha value is -2.53. The highest BCUT2D eigenvalue weighted by Gasteiger charge is 2.08. The zero-order valence-corrected chi connectivity index (χ0v) is 15.1. The molecule has 2 aromatic rings. The molecule has 0 aliphatic rings. The maximum absolute atomic E-state index is 12.1. The van der Waals surface area contributed by atoms with Crippen LogP contribution in [-0.4, -0.2) is 24.9 Å². The van der Waals surface area contributed by atoms with E-state index < -0.39 is 0 Å². The Morgan fingerprint density at radius 2 is 1.88 bits per heavy atom. The predicted molar refractivity (Wildman–Crippen MR) is 102 cm³/mol. The summed E-state index contributed by atoms with van der Waals surface area (Å²) in [5, 5.41) is 9.28. The van der Waals surface area contributed by atoms with Gasteiger partial charge in [-0.15, -0.1) is 0 Å². The van der Waals surface area contributed by atoms with E-state index in [9.17, 15) is 9.59 Å². The summed E-state index contributed by atoms with van der Waals surface area (Å²) in [6, 6.07) is 12.4. The number of carbonyl (C=O) groups is 2. The molecule has 0 unspecified atom stereocenters. The minimum Gasteiger partial charge on any atom is -0.376 e. The van der Waals surface area contributed by atoms with Crippen molar-refractivity contribution in [2.75, 3.05) is 23.7 Å². The lowest BCUT2D eigenvalue weighted by molar-refractivity contribution is -0.114. The largest absolute Gasteiger partial charge is 0.376 e. The van der Waals surface area contributed by atoms with Gasteiger partial charge >= 0.3 is 0 Å². The van der Waals surface area contributed by atoms with Crippen molar-refractivity contribution in [1.29, 1.82) is 0 Å². The average Bonchev–Trinajstić information content (AvgIpc) is 2.62. The number of benzene rings is 2. The predicted octanol–water partition coefficient (Wildman–Crippen LogP) is 3.84. The first kappa shape index (κ1) is 18.8. The molecule has 25 heavy (non-hydrogen) atoms. The Labute approximate surface area is 152 Å². The second kappa shape index (κ2) is 9.08. The molecule has 0 spiro atoms. The summed E-state index contributed by atoms with van der Waals surface area (Å²) in [5.41, 5.74) is 2.78. The number of hydrogen-bond donors (Lipinski definition) is 3. The van der Waals surface area contributed by atoms with Gasteiger partial charge in [0.15, 0.2) is 0 Å². The van der Waals surface area contributed by atoms with Crippen molar-refractivity contribution < 1.29 is 9.59 Å². The smallest absolute Gasteiger partial charge is 0.251 e. The molecule has 2 rings (SSSR count). The molecule has 2 aromatic carbocycles. The van der Waals surface area contributed by atoms with Crippen LogP contribution in [-0.2, 0) is 4.79 Å². The van der Waals surface area contributed by atoms with Crippen LogP contribution in [0.2, 0.25) is 5.02 Å². The van der Waals surface area contributed by atoms with E-state index in [4.69, 9.17) is 11.6 Å². The summed E-state index contributed by atoms with van der Waals surface area (Å²) >= 11 is 6.05. The van der Waals surface area contributed by atoms with E-state index >= 15 is 0 Å². The van der Waals surface area contributed by atoms with Gasteiger partial charge in [-0.1, -0.05) is 30.7 Å². The monoisotopic (exact) mass is 359 g/mol. The Balaban J connectivity index is 1.93. The third-order valence-corrected chi connectivity index (χ3v) is 4.06. The number of nitrogens with one attached hydrogen (secondary N) is 3. The molecule has 132 valence electrons. The van der Waals surface area contributed by atoms with Gasteiger partial charge in [-0.2, -0.15) is 0 Å². The van der Waals surface area contributed by atoms with Crippen LogP contribution in [0, 0.1) is 6.92 Å². The molecule has 0 radical (unpaired) electrons. The van der Waals surface area contributed by atoms with E-state index in [1.807, 2.05) is 19.9 Å². The molecule has 0 atom stereocenters. The van der Waals surface area contributed by atoms with Crippen molar-refractivity contribution >= 4 is 34.8 Å². The minimum absolute atomic E-state index is 0.0893. The van der Waals surface area contributed by atoms with Crippen LogP contribution in [0.5, 0.6) is 0 Å². The average molecular weight is 360 g/mol. The molecule has 0 bridgehead atoms. The van der Waals surface area contributed by atoms with Crippen molar-refractivity contribution in [3.8, 4) is 0 Å². The van der Waals surface area contributed by atoms with Gasteiger partial charge in [0.05, 0.1) is 6.54 Å². The summed E-state index contributed by atoms with van der Waals surface area (Å²) in [4.78, 5) is 24.1. The molecule has 0 aromatic heterocycles. The van der Waals surface area contributed by atoms with Crippen molar-refractivity contribution in [3.05, 3.63) is 58.6 Å². The first-order chi connectivity index (χ1) is 12.0. The summed E-state index contributed by atoms with van der Waals surface area (Å²) in [5.74, 6) is -0.310. The number of hydrogen-bond acceptors (Lipinski definition) is 3. The van der Waals surface area contributed by atoms with Crippen LogP contribution >= 0.6 is 11.6 Å². The van der Waals surface area contributed by atoms with Crippen molar-refractivity contribution in [2.45, 2.75) is 20.3 Å². The zero-order chi connectivity index (χ0) is 18.2. The van der Waals surface area contributed by atoms with Gasteiger partial charge < -0.3 is 16.0 Å². The van der Waals surface area contributed by atoms with Crippen LogP contribution < -0.4 is 16.0 Å². The molecule has 0 fully saturated rings. The molecule has 0 saturated heterocycles. The second-order valence-corrected chi connectivity index (χ2v) is 6.06. The standard InChI is InChI=1S/C19H22ClN3O2/c1-3-10-21-19(25)14-6-4-7-15(11-14)22-12-18(24)23-17-9-5-8-16(20)13(17)2/h4-9,11,22H,3,10,12H2,1-2H3,(H,21,25)(H,23,24). The van der Waals surface area contributed by atoms with E-state index in [1.165, 1.54) is 0 Å². The molecule has 2 amide bonds. The number of rotatable bonds is 7. The van der Waals surface area contributed by atoms with Crippen molar-refractivity contribution in [1.82, 2.24) is 5.32 Å². The molecule has 0 aliphatic heterocycles. The summed E-state index contributed by atoms with van der Waals surface area (Å²) in [7, 11) is 0. The molecule has 6 heteroatoms. The number of halogens is 1. The van der Waals surface area contributed by atoms with Crippen LogP contribution in [0.1, 0.15) is 29.3 Å². The van der Waals surface area contributed by atoms with Gasteiger partial charge in [-0.3, -0.25) is 9.59 Å². The molecule has 0 saturated carbocycles. The maximum Gasteiger partial charge on any atom is 0.251 e. The molecule has 0 aliphatic carbocycles. The minimum atomic E-state index is -0.189. The number of amides is 2. The Morgan fingerprint density at radius 3 is 2.64 bits per heavy atom. The topological polar surface area (TPSA) is 70.2 Å². The SMILES string of the molecule is CCCNC(=O)c1cccc(NCC(=O)Nc2cccc(Cl)c2C)c1. The quantitative estimate of drug-likeness (QED) is 0.703. The Bertz CT molecular complexity index is 762. The van der Waals surface area contributed by atoms with E-state index in [2.05, 4.69) is 16.0 Å². The van der Waals surface area contributed by atoms with Gasteiger partial charge in [0.25, 0.3) is 5.91 Å². The van der Waals surface area contributed by atoms with Crippen LogP contribution in [0.4, 0.5) is 11.4 Å². The zero-order valence-electron chi connectivity index (χ0n) is 14.4.